The van der Waals surface area contributed by atoms with Crippen LogP contribution in [0.1, 0.15) is 52.5 Å². The van der Waals surface area contributed by atoms with E-state index in [0.717, 1.165) is 11.1 Å². The Morgan fingerprint density at radius 3 is 2.60 bits per heavy atom. The summed E-state index contributed by atoms with van der Waals surface area (Å²) in [6, 6.07) is 3.56. The van der Waals surface area contributed by atoms with Gasteiger partial charge in [0.1, 0.15) is 46.9 Å². The molecule has 13 heteroatoms. The second kappa shape index (κ2) is 13.5. The largest absolute Gasteiger partial charge is 0.495 e. The van der Waals surface area contributed by atoms with Crippen LogP contribution in [-0.4, -0.2) is 85.9 Å². The highest BCUT2D eigenvalue weighted by Gasteiger charge is 2.64. The van der Waals surface area contributed by atoms with Gasteiger partial charge in [-0.25, -0.2) is 4.79 Å². The molecule has 2 N–H and O–H groups in total. The SMILES string of the molecule is COc1cc2cc(c1Cl)N(C)C(=O)CC(OC(=O)CC(C)=O)C1(C)OC1C(C)C1CC(O)(NC(=O)O1)C(OC)/C=C/C=C(\C)C2. The quantitative estimate of drug-likeness (QED) is 0.275. The number of nitrogens with zero attached hydrogens (tertiary/aromatic N) is 1. The molecule has 3 heterocycles. The number of anilines is 1. The molecule has 0 saturated carbocycles. The number of epoxide rings is 1. The zero-order chi connectivity index (χ0) is 33.3. The smallest absolute Gasteiger partial charge is 0.409 e. The van der Waals surface area contributed by atoms with Crippen molar-refractivity contribution in [2.45, 2.75) is 89.1 Å². The van der Waals surface area contributed by atoms with E-state index in [1.807, 2.05) is 13.0 Å². The lowest BCUT2D eigenvalue weighted by atomic mass is 9.83. The predicted molar refractivity (Wildman–Crippen MR) is 164 cm³/mol. The maximum Gasteiger partial charge on any atom is 0.409 e. The van der Waals surface area contributed by atoms with E-state index in [9.17, 15) is 24.3 Å². The third kappa shape index (κ3) is 7.51. The molecular weight excluding hydrogens is 608 g/mol. The number of ether oxygens (including phenoxy) is 5. The van der Waals surface area contributed by atoms with Gasteiger partial charge >= 0.3 is 12.1 Å². The van der Waals surface area contributed by atoms with E-state index in [1.54, 1.807) is 45.2 Å². The Morgan fingerprint density at radius 1 is 1.24 bits per heavy atom. The van der Waals surface area contributed by atoms with Gasteiger partial charge in [-0.1, -0.05) is 42.3 Å². The third-order valence-electron chi connectivity index (χ3n) is 8.62. The summed E-state index contributed by atoms with van der Waals surface area (Å²) in [6.45, 7) is 6.66. The van der Waals surface area contributed by atoms with Crippen LogP contribution in [0.15, 0.2) is 35.9 Å². The lowest BCUT2D eigenvalue weighted by Crippen LogP contribution is -2.63. The van der Waals surface area contributed by atoms with Crippen LogP contribution in [0.25, 0.3) is 0 Å². The number of hydrogen-bond donors (Lipinski definition) is 2. The fourth-order valence-corrected chi connectivity index (χ4v) is 6.32. The van der Waals surface area contributed by atoms with Crippen LogP contribution in [0, 0.1) is 5.92 Å². The Morgan fingerprint density at radius 2 is 1.96 bits per heavy atom. The first kappa shape index (κ1) is 34.4. The molecule has 7 unspecified atom stereocenters. The molecule has 1 aromatic rings. The summed E-state index contributed by atoms with van der Waals surface area (Å²) in [5.74, 6) is -1.76. The zero-order valence-electron chi connectivity index (χ0n) is 26.5. The molecule has 0 radical (unpaired) electrons. The van der Waals surface area contributed by atoms with E-state index in [0.29, 0.717) is 17.9 Å². The van der Waals surface area contributed by atoms with Crippen LogP contribution in [0.2, 0.25) is 5.02 Å². The van der Waals surface area contributed by atoms with Gasteiger partial charge in [0.05, 0.1) is 25.3 Å². The maximum absolute atomic E-state index is 13.8. The Balaban J connectivity index is 1.79. The summed E-state index contributed by atoms with van der Waals surface area (Å²) in [5, 5.41) is 14.3. The highest BCUT2D eigenvalue weighted by Crippen LogP contribution is 2.49. The van der Waals surface area contributed by atoms with Crippen molar-refractivity contribution in [3.63, 3.8) is 0 Å². The summed E-state index contributed by atoms with van der Waals surface area (Å²) in [4.78, 5) is 52.2. The van der Waals surface area contributed by atoms with Crippen molar-refractivity contribution in [1.82, 2.24) is 5.32 Å². The number of hydrogen-bond acceptors (Lipinski definition) is 10. The van der Waals surface area contributed by atoms with Crippen molar-refractivity contribution >= 4 is 41.0 Å². The second-order valence-electron chi connectivity index (χ2n) is 12.2. The van der Waals surface area contributed by atoms with Crippen LogP contribution in [0.4, 0.5) is 10.5 Å². The number of esters is 1. The molecule has 3 aliphatic heterocycles. The molecule has 0 spiro atoms. The van der Waals surface area contributed by atoms with Crippen LogP contribution < -0.4 is 15.0 Å². The molecule has 2 fully saturated rings. The Kier molecular flexibility index (Phi) is 10.3. The van der Waals surface area contributed by atoms with Gasteiger partial charge in [0.15, 0.2) is 5.72 Å². The summed E-state index contributed by atoms with van der Waals surface area (Å²) >= 11 is 6.66. The first-order valence-electron chi connectivity index (χ1n) is 14.7. The van der Waals surface area contributed by atoms with Gasteiger partial charge < -0.3 is 33.7 Å². The molecule has 4 bridgehead atoms. The van der Waals surface area contributed by atoms with Gasteiger partial charge in [-0.3, -0.25) is 19.7 Å². The van der Waals surface area contributed by atoms with Crippen LogP contribution in [-0.2, 0) is 39.8 Å². The molecule has 2 amide bonds. The maximum atomic E-state index is 13.8. The number of allylic oxidation sites excluding steroid dienone is 3. The Bertz CT molecular complexity index is 1410. The number of alkyl carbamates (subject to hydrolysis) is 1. The van der Waals surface area contributed by atoms with Gasteiger partial charge in [0, 0.05) is 26.5 Å². The molecule has 246 valence electrons. The number of rotatable bonds is 5. The monoisotopic (exact) mass is 648 g/mol. The minimum Gasteiger partial charge on any atom is -0.495 e. The first-order valence-corrected chi connectivity index (χ1v) is 15.1. The second-order valence-corrected chi connectivity index (χ2v) is 12.5. The predicted octanol–water partition coefficient (Wildman–Crippen LogP) is 3.65. The number of aliphatic hydroxyl groups is 1. The molecule has 2 saturated heterocycles. The van der Waals surface area contributed by atoms with Crippen LogP contribution >= 0.6 is 11.6 Å². The number of carbonyl (C=O) groups excluding carboxylic acids is 4. The summed E-state index contributed by atoms with van der Waals surface area (Å²) in [7, 11) is 4.47. The van der Waals surface area contributed by atoms with Gasteiger partial charge in [0.25, 0.3) is 0 Å². The highest BCUT2D eigenvalue weighted by atomic mass is 35.5. The number of Topliss-reactive ketones (excluding diaryl/α,β-unsaturated/α-hetero) is 1. The van der Waals surface area contributed by atoms with Crippen molar-refractivity contribution in [2.75, 3.05) is 26.2 Å². The number of fused-ring (bicyclic) bond motifs is 5. The number of methoxy groups -OCH3 is 2. The summed E-state index contributed by atoms with van der Waals surface area (Å²) in [5.41, 5.74) is -0.846. The molecule has 7 atom stereocenters. The van der Waals surface area contributed by atoms with Crippen molar-refractivity contribution in [2.24, 2.45) is 5.92 Å². The number of halogens is 1. The lowest BCUT2D eigenvalue weighted by Gasteiger charge is -2.42. The number of ketones is 1. The van der Waals surface area contributed by atoms with Crippen molar-refractivity contribution in [3.8, 4) is 5.75 Å². The molecule has 1 aromatic carbocycles. The van der Waals surface area contributed by atoms with Gasteiger partial charge in [-0.05, 0) is 44.9 Å². The molecule has 3 aliphatic rings. The van der Waals surface area contributed by atoms with E-state index in [1.165, 1.54) is 26.0 Å². The number of carbonyl (C=O) groups is 4. The first-order chi connectivity index (χ1) is 21.1. The molecule has 12 nitrogen and oxygen atoms in total. The van der Waals surface area contributed by atoms with E-state index < -0.39 is 71.8 Å². The van der Waals surface area contributed by atoms with E-state index >= 15 is 0 Å². The molecule has 4 rings (SSSR count). The fraction of sp³-hybridized carbons (Fsp3) is 0.562. The highest BCUT2D eigenvalue weighted by molar-refractivity contribution is 6.35. The standard InChI is InChI=1S/C32H41ClN2O10/c1-17-9-8-10-24(42-7)32(40)16-23(43-30(39)34-32)19(3)29-31(4,45-29)25(44-27(38)12-18(2)36)15-26(37)35(5)21-13-20(11-17)14-22(41-6)28(21)33/h8-10,13-14,19,23-25,29,40H,11-12,15-16H2,1-7H3,(H,34,39)/b10-8+,17-9+. The van der Waals surface area contributed by atoms with Crippen molar-refractivity contribution in [1.29, 1.82) is 0 Å². The minimum absolute atomic E-state index is 0.0397. The summed E-state index contributed by atoms with van der Waals surface area (Å²) < 4.78 is 28.5. The van der Waals surface area contributed by atoms with Crippen LogP contribution in [0.3, 0.4) is 0 Å². The van der Waals surface area contributed by atoms with Gasteiger partial charge in [0.2, 0.25) is 5.91 Å². The van der Waals surface area contributed by atoms with E-state index in [2.05, 4.69) is 5.32 Å². The molecule has 0 aromatic heterocycles. The Labute approximate surface area is 267 Å². The van der Waals surface area contributed by atoms with Crippen LogP contribution in [0.5, 0.6) is 5.75 Å². The van der Waals surface area contributed by atoms with Crippen molar-refractivity contribution < 1.29 is 48.0 Å². The number of nitrogens with one attached hydrogen (secondary N) is 1. The minimum atomic E-state index is -1.81. The average molecular weight is 649 g/mol. The third-order valence-corrected chi connectivity index (χ3v) is 9.00. The fourth-order valence-electron chi connectivity index (χ4n) is 6.01. The average Bonchev–Trinajstić information content (AvgIpc) is 3.65. The van der Waals surface area contributed by atoms with Crippen molar-refractivity contribution in [3.05, 3.63) is 46.5 Å². The topological polar surface area (TPSA) is 153 Å². The molecule has 0 aliphatic carbocycles. The van der Waals surface area contributed by atoms with Gasteiger partial charge in [-0.15, -0.1) is 0 Å². The number of benzene rings is 1. The summed E-state index contributed by atoms with van der Waals surface area (Å²) in [6.07, 6.45) is 0.579. The van der Waals surface area contributed by atoms with E-state index in [4.69, 9.17) is 35.3 Å². The lowest BCUT2D eigenvalue weighted by molar-refractivity contribution is -0.155. The number of amides is 2. The molecular formula is C32H41ClN2O10. The zero-order valence-corrected chi connectivity index (χ0v) is 27.3. The normalized spacial score (nSPS) is 33.9. The van der Waals surface area contributed by atoms with Gasteiger partial charge in [-0.2, -0.15) is 0 Å². The van der Waals surface area contributed by atoms with E-state index in [-0.39, 0.29) is 17.9 Å². The Hall–Kier alpha value is -3.45. The molecule has 45 heavy (non-hydrogen) atoms.